The summed E-state index contributed by atoms with van der Waals surface area (Å²) in [5.74, 6) is 0.713. The van der Waals surface area contributed by atoms with E-state index >= 15 is 0 Å². The number of hydrogen-bond acceptors (Lipinski definition) is 4. The Morgan fingerprint density at radius 2 is 1.80 bits per heavy atom. The second-order valence-electron chi connectivity index (χ2n) is 5.81. The van der Waals surface area contributed by atoms with Crippen molar-refractivity contribution in [3.05, 3.63) is 77.7 Å². The number of aromatic nitrogens is 4. The van der Waals surface area contributed by atoms with E-state index in [-0.39, 0.29) is 6.04 Å². The Balaban J connectivity index is 1.58. The lowest BCUT2D eigenvalue weighted by Gasteiger charge is -2.13. The summed E-state index contributed by atoms with van der Waals surface area (Å²) in [7, 11) is 0. The lowest BCUT2D eigenvalue weighted by molar-refractivity contribution is 0.780. The fraction of sp³-hybridized carbons (Fsp3) is 0.105. The Morgan fingerprint density at radius 1 is 1.04 bits per heavy atom. The van der Waals surface area contributed by atoms with Gasteiger partial charge < -0.3 is 5.32 Å². The SMILES string of the molecule is CC(Nc1cc2ccccc2c(Cl)n1)c1cn(-c2ccccc2)nn1. The number of pyridine rings is 1. The molecule has 0 bridgehead atoms. The monoisotopic (exact) mass is 349 g/mol. The van der Waals surface area contributed by atoms with Gasteiger partial charge in [0.1, 0.15) is 16.7 Å². The molecule has 1 N–H and O–H groups in total. The molecule has 0 radical (unpaired) electrons. The number of anilines is 1. The van der Waals surface area contributed by atoms with Gasteiger partial charge in [-0.1, -0.05) is 59.3 Å². The summed E-state index contributed by atoms with van der Waals surface area (Å²) in [5, 5.41) is 14.3. The highest BCUT2D eigenvalue weighted by Gasteiger charge is 2.12. The summed E-state index contributed by atoms with van der Waals surface area (Å²) in [6.07, 6.45) is 1.91. The maximum Gasteiger partial charge on any atom is 0.139 e. The Kier molecular flexibility index (Phi) is 4.07. The quantitative estimate of drug-likeness (QED) is 0.545. The minimum Gasteiger partial charge on any atom is -0.362 e. The molecule has 4 aromatic rings. The van der Waals surface area contributed by atoms with Crippen LogP contribution in [0, 0.1) is 0 Å². The molecule has 1 unspecified atom stereocenters. The second-order valence-corrected chi connectivity index (χ2v) is 6.17. The Bertz CT molecular complexity index is 1010. The van der Waals surface area contributed by atoms with E-state index in [1.165, 1.54) is 0 Å². The van der Waals surface area contributed by atoms with Gasteiger partial charge in [0.2, 0.25) is 0 Å². The molecule has 0 fully saturated rings. The van der Waals surface area contributed by atoms with E-state index in [4.69, 9.17) is 11.6 Å². The Hall–Kier alpha value is -2.92. The molecule has 0 amide bonds. The first-order valence-electron chi connectivity index (χ1n) is 8.00. The molecule has 1 atom stereocenters. The number of halogens is 1. The molecule has 0 saturated carbocycles. The van der Waals surface area contributed by atoms with Crippen LogP contribution < -0.4 is 5.32 Å². The third-order valence-corrected chi connectivity index (χ3v) is 4.32. The molecule has 2 aromatic carbocycles. The summed E-state index contributed by atoms with van der Waals surface area (Å²) < 4.78 is 1.76. The fourth-order valence-electron chi connectivity index (χ4n) is 2.71. The van der Waals surface area contributed by atoms with Crippen molar-refractivity contribution in [1.29, 1.82) is 0 Å². The molecule has 25 heavy (non-hydrogen) atoms. The highest BCUT2D eigenvalue weighted by Crippen LogP contribution is 2.26. The average molecular weight is 350 g/mol. The molecular weight excluding hydrogens is 334 g/mol. The summed E-state index contributed by atoms with van der Waals surface area (Å²) in [6.45, 7) is 2.02. The topological polar surface area (TPSA) is 55.6 Å². The lowest BCUT2D eigenvalue weighted by Crippen LogP contribution is -2.08. The number of para-hydroxylation sites is 1. The van der Waals surface area contributed by atoms with Crippen molar-refractivity contribution in [3.8, 4) is 5.69 Å². The number of nitrogens with zero attached hydrogens (tertiary/aromatic N) is 4. The van der Waals surface area contributed by atoms with Crippen molar-refractivity contribution < 1.29 is 0 Å². The predicted molar refractivity (Wildman–Crippen MR) is 100 cm³/mol. The molecule has 0 aliphatic carbocycles. The highest BCUT2D eigenvalue weighted by atomic mass is 35.5. The number of nitrogens with one attached hydrogen (secondary N) is 1. The van der Waals surface area contributed by atoms with Crippen LogP contribution in [0.2, 0.25) is 5.15 Å². The van der Waals surface area contributed by atoms with Crippen molar-refractivity contribution in [1.82, 2.24) is 20.0 Å². The molecule has 2 aromatic heterocycles. The molecule has 0 aliphatic heterocycles. The van der Waals surface area contributed by atoms with Crippen LogP contribution in [0.4, 0.5) is 5.82 Å². The summed E-state index contributed by atoms with van der Waals surface area (Å²) in [6, 6.07) is 19.7. The van der Waals surface area contributed by atoms with Crippen molar-refractivity contribution in [3.63, 3.8) is 0 Å². The van der Waals surface area contributed by atoms with Crippen LogP contribution in [0.5, 0.6) is 0 Å². The Labute approximate surface area is 150 Å². The van der Waals surface area contributed by atoms with Gasteiger partial charge in [0.05, 0.1) is 17.9 Å². The van der Waals surface area contributed by atoms with Gasteiger partial charge in [0.15, 0.2) is 0 Å². The van der Waals surface area contributed by atoms with Gasteiger partial charge in [-0.2, -0.15) is 0 Å². The molecule has 0 saturated heterocycles. The van der Waals surface area contributed by atoms with Crippen LogP contribution >= 0.6 is 11.6 Å². The summed E-state index contributed by atoms with van der Waals surface area (Å²) in [5.41, 5.74) is 1.80. The van der Waals surface area contributed by atoms with Gasteiger partial charge in [0, 0.05) is 5.39 Å². The minimum absolute atomic E-state index is 0.0535. The summed E-state index contributed by atoms with van der Waals surface area (Å²) in [4.78, 5) is 4.43. The van der Waals surface area contributed by atoms with Gasteiger partial charge in [-0.3, -0.25) is 0 Å². The summed E-state index contributed by atoms with van der Waals surface area (Å²) >= 11 is 6.29. The number of hydrogen-bond donors (Lipinski definition) is 1. The van der Waals surface area contributed by atoms with Crippen molar-refractivity contribution in [2.75, 3.05) is 5.32 Å². The highest BCUT2D eigenvalue weighted by molar-refractivity contribution is 6.34. The van der Waals surface area contributed by atoms with Crippen molar-refractivity contribution in [2.24, 2.45) is 0 Å². The second kappa shape index (κ2) is 6.53. The van der Waals surface area contributed by atoms with Gasteiger partial charge in [0.25, 0.3) is 0 Å². The number of fused-ring (bicyclic) bond motifs is 1. The first-order chi connectivity index (χ1) is 12.2. The molecular formula is C19H16ClN5. The van der Waals surface area contributed by atoms with Gasteiger partial charge in [-0.05, 0) is 30.5 Å². The maximum atomic E-state index is 6.29. The van der Waals surface area contributed by atoms with Crippen molar-refractivity contribution >= 4 is 28.2 Å². The zero-order chi connectivity index (χ0) is 17.2. The van der Waals surface area contributed by atoms with E-state index in [2.05, 4.69) is 20.6 Å². The molecule has 0 aliphatic rings. The van der Waals surface area contributed by atoms with E-state index < -0.39 is 0 Å². The van der Waals surface area contributed by atoms with E-state index in [0.29, 0.717) is 11.0 Å². The van der Waals surface area contributed by atoms with E-state index in [0.717, 1.165) is 22.2 Å². The lowest BCUT2D eigenvalue weighted by atomic mass is 10.1. The van der Waals surface area contributed by atoms with Gasteiger partial charge >= 0.3 is 0 Å². The third-order valence-electron chi connectivity index (χ3n) is 4.03. The zero-order valence-corrected chi connectivity index (χ0v) is 14.4. The van der Waals surface area contributed by atoms with Crippen LogP contribution in [-0.2, 0) is 0 Å². The van der Waals surface area contributed by atoms with Crippen molar-refractivity contribution in [2.45, 2.75) is 13.0 Å². The molecule has 5 nitrogen and oxygen atoms in total. The molecule has 0 spiro atoms. The standard InChI is InChI=1S/C19H16ClN5/c1-13(17-12-25(24-23-17)15-8-3-2-4-9-15)21-18-11-14-7-5-6-10-16(14)19(20)22-18/h2-13H,1H3,(H,21,22). The van der Waals surface area contributed by atoms with E-state index in [9.17, 15) is 0 Å². The number of benzene rings is 2. The van der Waals surface area contributed by atoms with Crippen LogP contribution in [0.3, 0.4) is 0 Å². The Morgan fingerprint density at radius 3 is 2.64 bits per heavy atom. The normalized spacial score (nSPS) is 12.2. The zero-order valence-electron chi connectivity index (χ0n) is 13.6. The van der Waals surface area contributed by atoms with Crippen LogP contribution in [-0.4, -0.2) is 20.0 Å². The fourth-order valence-corrected chi connectivity index (χ4v) is 2.97. The third kappa shape index (κ3) is 3.19. The van der Waals surface area contributed by atoms with Crippen LogP contribution in [0.1, 0.15) is 18.7 Å². The minimum atomic E-state index is -0.0535. The molecule has 124 valence electrons. The molecule has 2 heterocycles. The molecule has 6 heteroatoms. The number of rotatable bonds is 4. The smallest absolute Gasteiger partial charge is 0.139 e. The van der Waals surface area contributed by atoms with Crippen LogP contribution in [0.25, 0.3) is 16.5 Å². The van der Waals surface area contributed by atoms with Gasteiger partial charge in [-0.25, -0.2) is 9.67 Å². The molecule has 4 rings (SSSR count). The maximum absolute atomic E-state index is 6.29. The van der Waals surface area contributed by atoms with Gasteiger partial charge in [-0.15, -0.1) is 5.10 Å². The van der Waals surface area contributed by atoms with Crippen LogP contribution in [0.15, 0.2) is 66.9 Å². The largest absolute Gasteiger partial charge is 0.362 e. The first kappa shape index (κ1) is 15.6. The first-order valence-corrected chi connectivity index (χ1v) is 8.38. The average Bonchev–Trinajstić information content (AvgIpc) is 3.13. The van der Waals surface area contributed by atoms with E-state index in [1.807, 2.05) is 73.8 Å². The van der Waals surface area contributed by atoms with E-state index in [1.54, 1.807) is 4.68 Å². The predicted octanol–water partition coefficient (Wildman–Crippen LogP) is 4.64.